The van der Waals surface area contributed by atoms with Gasteiger partial charge in [0.2, 0.25) is 0 Å². The molecule has 24 heavy (non-hydrogen) atoms. The minimum atomic E-state index is -0.400. The molecule has 3 rings (SSSR count). The second-order valence-electron chi connectivity index (χ2n) is 5.94. The molecule has 1 aromatic heterocycles. The summed E-state index contributed by atoms with van der Waals surface area (Å²) in [5.41, 5.74) is 3.61. The van der Waals surface area contributed by atoms with Crippen LogP contribution in [0.4, 0.5) is 0 Å². The highest BCUT2D eigenvalue weighted by atomic mass is 16.5. The number of hydrogen-bond acceptors (Lipinski definition) is 4. The zero-order chi connectivity index (χ0) is 17.3. The molecular formula is C20H18O4. The van der Waals surface area contributed by atoms with E-state index in [0.717, 1.165) is 22.1 Å². The van der Waals surface area contributed by atoms with Gasteiger partial charge in [0, 0.05) is 23.1 Å². The van der Waals surface area contributed by atoms with Crippen LogP contribution in [0.3, 0.4) is 0 Å². The largest absolute Gasteiger partial charge is 0.485 e. The Morgan fingerprint density at radius 3 is 2.54 bits per heavy atom. The summed E-state index contributed by atoms with van der Waals surface area (Å²) in [4.78, 5) is 23.8. The SMILES string of the molecule is Cc1ccc(C(=O)COc2ccc3c(C)cc(=O)oc3c2)c(C)c1. The third kappa shape index (κ3) is 3.23. The van der Waals surface area contributed by atoms with Crippen LogP contribution in [0.2, 0.25) is 0 Å². The van der Waals surface area contributed by atoms with Gasteiger partial charge in [0.1, 0.15) is 11.3 Å². The van der Waals surface area contributed by atoms with Crippen LogP contribution in [0, 0.1) is 20.8 Å². The van der Waals surface area contributed by atoms with Gasteiger partial charge in [-0.2, -0.15) is 0 Å². The van der Waals surface area contributed by atoms with E-state index < -0.39 is 5.63 Å². The molecule has 3 aromatic rings. The second-order valence-corrected chi connectivity index (χ2v) is 5.94. The molecule has 4 heteroatoms. The predicted octanol–water partition coefficient (Wildman–Crippen LogP) is 3.98. The Hall–Kier alpha value is -2.88. The van der Waals surface area contributed by atoms with Gasteiger partial charge < -0.3 is 9.15 Å². The molecule has 0 saturated heterocycles. The van der Waals surface area contributed by atoms with Crippen molar-refractivity contribution in [1.82, 2.24) is 0 Å². The lowest BCUT2D eigenvalue weighted by molar-refractivity contribution is 0.0921. The van der Waals surface area contributed by atoms with Crippen LogP contribution in [-0.4, -0.2) is 12.4 Å². The topological polar surface area (TPSA) is 56.5 Å². The fraction of sp³-hybridized carbons (Fsp3) is 0.200. The Bertz CT molecular complexity index is 983. The van der Waals surface area contributed by atoms with E-state index >= 15 is 0 Å². The lowest BCUT2D eigenvalue weighted by Gasteiger charge is -2.09. The van der Waals surface area contributed by atoms with Crippen LogP contribution in [0.1, 0.15) is 27.0 Å². The van der Waals surface area contributed by atoms with E-state index in [-0.39, 0.29) is 12.4 Å². The Balaban J connectivity index is 1.80. The van der Waals surface area contributed by atoms with Crippen molar-refractivity contribution in [2.24, 2.45) is 0 Å². The van der Waals surface area contributed by atoms with Gasteiger partial charge in [0.25, 0.3) is 0 Å². The highest BCUT2D eigenvalue weighted by molar-refractivity contribution is 5.98. The van der Waals surface area contributed by atoms with E-state index in [1.165, 1.54) is 6.07 Å². The summed E-state index contributed by atoms with van der Waals surface area (Å²) >= 11 is 0. The molecule has 1 heterocycles. The predicted molar refractivity (Wildman–Crippen MR) is 93.0 cm³/mol. The average molecular weight is 322 g/mol. The minimum Gasteiger partial charge on any atom is -0.485 e. The highest BCUT2D eigenvalue weighted by Gasteiger charge is 2.11. The van der Waals surface area contributed by atoms with Crippen molar-refractivity contribution in [2.45, 2.75) is 20.8 Å². The van der Waals surface area contributed by atoms with Crippen molar-refractivity contribution in [2.75, 3.05) is 6.61 Å². The summed E-state index contributed by atoms with van der Waals surface area (Å²) in [6.07, 6.45) is 0. The molecular weight excluding hydrogens is 304 g/mol. The lowest BCUT2D eigenvalue weighted by Crippen LogP contribution is -2.13. The van der Waals surface area contributed by atoms with E-state index in [9.17, 15) is 9.59 Å². The monoisotopic (exact) mass is 322 g/mol. The Morgan fingerprint density at radius 2 is 1.79 bits per heavy atom. The van der Waals surface area contributed by atoms with Crippen LogP contribution < -0.4 is 10.4 Å². The quantitative estimate of drug-likeness (QED) is 0.538. The maximum absolute atomic E-state index is 12.3. The normalized spacial score (nSPS) is 10.8. The first-order valence-corrected chi connectivity index (χ1v) is 7.72. The fourth-order valence-corrected chi connectivity index (χ4v) is 2.75. The number of carbonyl (C=O) groups excluding carboxylic acids is 1. The Labute approximate surface area is 139 Å². The van der Waals surface area contributed by atoms with Crippen LogP contribution in [0.25, 0.3) is 11.0 Å². The van der Waals surface area contributed by atoms with E-state index in [1.807, 2.05) is 45.0 Å². The summed E-state index contributed by atoms with van der Waals surface area (Å²) in [5.74, 6) is 0.410. The fourth-order valence-electron chi connectivity index (χ4n) is 2.75. The van der Waals surface area contributed by atoms with Crippen LogP contribution in [-0.2, 0) is 0 Å². The van der Waals surface area contributed by atoms with Crippen LogP contribution >= 0.6 is 0 Å². The maximum Gasteiger partial charge on any atom is 0.336 e. The van der Waals surface area contributed by atoms with Crippen molar-refractivity contribution in [3.05, 3.63) is 75.1 Å². The molecule has 0 amide bonds. The Kier molecular flexibility index (Phi) is 4.21. The standard InChI is InChI=1S/C20H18O4/c1-12-4-6-16(13(2)8-12)18(21)11-23-15-5-7-17-14(3)9-20(22)24-19(17)10-15/h4-10H,11H2,1-3H3. The van der Waals surface area contributed by atoms with E-state index in [4.69, 9.17) is 9.15 Å². The molecule has 0 aliphatic heterocycles. The van der Waals surface area contributed by atoms with E-state index in [1.54, 1.807) is 12.1 Å². The number of fused-ring (bicyclic) bond motifs is 1. The molecule has 0 N–H and O–H groups in total. The highest BCUT2D eigenvalue weighted by Crippen LogP contribution is 2.22. The molecule has 0 saturated carbocycles. The smallest absolute Gasteiger partial charge is 0.336 e. The molecule has 2 aromatic carbocycles. The number of hydrogen-bond donors (Lipinski definition) is 0. The van der Waals surface area contributed by atoms with Crippen LogP contribution in [0.5, 0.6) is 5.75 Å². The number of benzene rings is 2. The number of rotatable bonds is 4. The first-order chi connectivity index (χ1) is 11.4. The second kappa shape index (κ2) is 6.32. The molecule has 0 atom stereocenters. The van der Waals surface area contributed by atoms with Gasteiger partial charge in [-0.05, 0) is 44.0 Å². The number of ether oxygens (including phenoxy) is 1. The number of Topliss-reactive ketones (excluding diaryl/α,β-unsaturated/α-hetero) is 1. The number of ketones is 1. The van der Waals surface area contributed by atoms with Gasteiger partial charge in [-0.1, -0.05) is 23.8 Å². The van der Waals surface area contributed by atoms with Crippen molar-refractivity contribution in [1.29, 1.82) is 0 Å². The number of aryl methyl sites for hydroxylation is 3. The van der Waals surface area contributed by atoms with Gasteiger partial charge in [-0.25, -0.2) is 4.79 Å². The van der Waals surface area contributed by atoms with E-state index in [0.29, 0.717) is 16.9 Å². The van der Waals surface area contributed by atoms with Gasteiger partial charge in [-0.3, -0.25) is 4.79 Å². The zero-order valence-corrected chi connectivity index (χ0v) is 13.9. The molecule has 0 bridgehead atoms. The zero-order valence-electron chi connectivity index (χ0n) is 13.9. The molecule has 0 aliphatic carbocycles. The molecule has 0 fully saturated rings. The molecule has 0 unspecified atom stereocenters. The van der Waals surface area contributed by atoms with Gasteiger partial charge in [0.05, 0.1) is 0 Å². The first kappa shape index (κ1) is 16.0. The van der Waals surface area contributed by atoms with Gasteiger partial charge >= 0.3 is 5.63 Å². The van der Waals surface area contributed by atoms with Crippen molar-refractivity contribution < 1.29 is 13.9 Å². The molecule has 0 radical (unpaired) electrons. The van der Waals surface area contributed by atoms with E-state index in [2.05, 4.69) is 0 Å². The summed E-state index contributed by atoms with van der Waals surface area (Å²) < 4.78 is 10.8. The van der Waals surface area contributed by atoms with Crippen molar-refractivity contribution >= 4 is 16.8 Å². The Morgan fingerprint density at radius 1 is 1.00 bits per heavy atom. The molecule has 0 spiro atoms. The van der Waals surface area contributed by atoms with Gasteiger partial charge in [-0.15, -0.1) is 0 Å². The third-order valence-electron chi connectivity index (χ3n) is 3.98. The summed E-state index contributed by atoms with van der Waals surface area (Å²) in [6.45, 7) is 5.69. The van der Waals surface area contributed by atoms with Gasteiger partial charge in [0.15, 0.2) is 12.4 Å². The summed E-state index contributed by atoms with van der Waals surface area (Å²) in [5, 5.41) is 0.850. The minimum absolute atomic E-state index is 0.0640. The maximum atomic E-state index is 12.3. The molecule has 122 valence electrons. The first-order valence-electron chi connectivity index (χ1n) is 7.72. The van der Waals surface area contributed by atoms with Crippen molar-refractivity contribution in [3.63, 3.8) is 0 Å². The average Bonchev–Trinajstić information content (AvgIpc) is 2.52. The molecule has 4 nitrogen and oxygen atoms in total. The third-order valence-corrected chi connectivity index (χ3v) is 3.98. The number of carbonyl (C=O) groups is 1. The van der Waals surface area contributed by atoms with Crippen LogP contribution in [0.15, 0.2) is 51.7 Å². The lowest BCUT2D eigenvalue weighted by atomic mass is 10.0. The summed E-state index contributed by atoms with van der Waals surface area (Å²) in [6, 6.07) is 12.4. The summed E-state index contributed by atoms with van der Waals surface area (Å²) in [7, 11) is 0. The van der Waals surface area contributed by atoms with Crippen molar-refractivity contribution in [3.8, 4) is 5.75 Å². The molecule has 0 aliphatic rings.